The van der Waals surface area contributed by atoms with Crippen LogP contribution < -0.4 is 14.8 Å². The van der Waals surface area contributed by atoms with Gasteiger partial charge < -0.3 is 9.64 Å². The van der Waals surface area contributed by atoms with Crippen molar-refractivity contribution in [3.63, 3.8) is 0 Å². The first-order chi connectivity index (χ1) is 10.4. The topological polar surface area (TPSA) is 89.7 Å². The van der Waals surface area contributed by atoms with Gasteiger partial charge in [-0.05, 0) is 28.1 Å². The van der Waals surface area contributed by atoms with E-state index in [1.165, 1.54) is 11.0 Å². The monoisotopic (exact) mass is 416 g/mol. The van der Waals surface area contributed by atoms with E-state index >= 15 is 0 Å². The average molecular weight is 417 g/mol. The predicted octanol–water partition coefficient (Wildman–Crippen LogP) is 1.99. The Kier molecular flexibility index (Phi) is 4.92. The first kappa shape index (κ1) is 18.0. The summed E-state index contributed by atoms with van der Waals surface area (Å²) in [6.07, 6.45) is -4.90. The quantitative estimate of drug-likeness (QED) is 0.812. The zero-order chi connectivity index (χ0) is 17.4. The zero-order valence-corrected chi connectivity index (χ0v) is 13.9. The van der Waals surface area contributed by atoms with Crippen molar-refractivity contribution < 1.29 is 31.1 Å². The number of nitrogens with two attached hydrogens (primary N) is 1. The molecule has 1 unspecified atom stereocenters. The number of ether oxygens (including phenoxy) is 1. The number of benzene rings is 1. The number of carbonyl (C=O) groups is 1. The van der Waals surface area contributed by atoms with Crippen LogP contribution in [0.25, 0.3) is 0 Å². The van der Waals surface area contributed by atoms with Crippen LogP contribution in [0, 0.1) is 5.92 Å². The highest BCUT2D eigenvalue weighted by Gasteiger charge is 2.35. The lowest BCUT2D eigenvalue weighted by Crippen LogP contribution is -2.28. The Labute approximate surface area is 138 Å². The lowest BCUT2D eigenvalue weighted by molar-refractivity contribution is -0.274. The van der Waals surface area contributed by atoms with E-state index in [2.05, 4.69) is 20.7 Å². The number of hydrogen-bond acceptors (Lipinski definition) is 4. The Bertz CT molecular complexity index is 724. The molecule has 1 aliphatic rings. The van der Waals surface area contributed by atoms with Crippen molar-refractivity contribution in [1.29, 1.82) is 0 Å². The molecule has 1 aromatic carbocycles. The lowest BCUT2D eigenvalue weighted by Gasteiger charge is -2.19. The van der Waals surface area contributed by atoms with Gasteiger partial charge in [-0.1, -0.05) is 0 Å². The maximum Gasteiger partial charge on any atom is 0.573 e. The third-order valence-corrected chi connectivity index (χ3v) is 4.72. The van der Waals surface area contributed by atoms with Crippen LogP contribution >= 0.6 is 15.9 Å². The molecule has 128 valence electrons. The summed E-state index contributed by atoms with van der Waals surface area (Å²) in [5.74, 6) is -1.76. The number of hydrogen-bond donors (Lipinski definition) is 1. The molecule has 0 radical (unpaired) electrons. The number of amides is 1. The molecule has 6 nitrogen and oxygen atoms in total. The van der Waals surface area contributed by atoms with Crippen LogP contribution in [0.1, 0.15) is 6.42 Å². The van der Waals surface area contributed by atoms with E-state index in [4.69, 9.17) is 5.14 Å². The number of nitrogens with zero attached hydrogens (tertiary/aromatic N) is 1. The minimum Gasteiger partial charge on any atom is -0.406 e. The fourth-order valence-electron chi connectivity index (χ4n) is 2.35. The van der Waals surface area contributed by atoms with Crippen molar-refractivity contribution in [1.82, 2.24) is 0 Å². The molecule has 0 aromatic heterocycles. The molecule has 1 atom stereocenters. The van der Waals surface area contributed by atoms with Crippen molar-refractivity contribution >= 4 is 37.5 Å². The van der Waals surface area contributed by atoms with E-state index in [9.17, 15) is 26.4 Å². The molecule has 2 rings (SSSR count). The van der Waals surface area contributed by atoms with E-state index in [-0.39, 0.29) is 24.4 Å². The fourth-order valence-corrected chi connectivity index (χ4v) is 3.69. The SMILES string of the molecule is NS(=O)(=O)CC1CC(=O)N(c2cc(OC(F)(F)F)ccc2Br)C1. The summed E-state index contributed by atoms with van der Waals surface area (Å²) in [7, 11) is -3.74. The molecule has 1 heterocycles. The van der Waals surface area contributed by atoms with Gasteiger partial charge in [-0.25, -0.2) is 13.6 Å². The van der Waals surface area contributed by atoms with E-state index in [1.54, 1.807) is 0 Å². The number of sulfonamides is 1. The number of alkyl halides is 3. The van der Waals surface area contributed by atoms with Gasteiger partial charge in [0.05, 0.1) is 11.4 Å². The second kappa shape index (κ2) is 6.29. The molecule has 23 heavy (non-hydrogen) atoms. The Hall–Kier alpha value is -1.33. The van der Waals surface area contributed by atoms with Gasteiger partial charge in [0.25, 0.3) is 0 Å². The average Bonchev–Trinajstić information content (AvgIpc) is 2.68. The van der Waals surface area contributed by atoms with Gasteiger partial charge in [-0.3, -0.25) is 4.79 Å². The van der Waals surface area contributed by atoms with Crippen LogP contribution in [-0.4, -0.2) is 33.0 Å². The first-order valence-corrected chi connectivity index (χ1v) is 8.81. The Balaban J connectivity index is 2.24. The highest BCUT2D eigenvalue weighted by atomic mass is 79.9. The number of anilines is 1. The minimum atomic E-state index is -4.85. The molecule has 1 fully saturated rings. The number of carbonyl (C=O) groups excluding carboxylic acids is 1. The molecule has 1 aromatic rings. The summed E-state index contributed by atoms with van der Waals surface area (Å²) in [6, 6.07) is 3.48. The van der Waals surface area contributed by atoms with Crippen LogP contribution in [0.4, 0.5) is 18.9 Å². The summed E-state index contributed by atoms with van der Waals surface area (Å²) in [5, 5.41) is 4.96. The zero-order valence-electron chi connectivity index (χ0n) is 11.5. The van der Waals surface area contributed by atoms with Gasteiger partial charge >= 0.3 is 6.36 Å². The van der Waals surface area contributed by atoms with Crippen LogP contribution in [0.2, 0.25) is 0 Å². The summed E-state index contributed by atoms with van der Waals surface area (Å²) in [5.41, 5.74) is 0.175. The van der Waals surface area contributed by atoms with Gasteiger partial charge in [-0.2, -0.15) is 0 Å². The van der Waals surface area contributed by atoms with Crippen LogP contribution in [0.3, 0.4) is 0 Å². The van der Waals surface area contributed by atoms with Gasteiger partial charge in [0.15, 0.2) is 0 Å². The van der Waals surface area contributed by atoms with Gasteiger partial charge in [-0.15, -0.1) is 13.2 Å². The predicted molar refractivity (Wildman–Crippen MR) is 79.3 cm³/mol. The third-order valence-electron chi connectivity index (χ3n) is 3.12. The summed E-state index contributed by atoms with van der Waals surface area (Å²) in [6.45, 7) is 0.0450. The largest absolute Gasteiger partial charge is 0.573 e. The van der Waals surface area contributed by atoms with Crippen molar-refractivity contribution in [2.24, 2.45) is 11.1 Å². The Morgan fingerprint density at radius 2 is 2.04 bits per heavy atom. The highest BCUT2D eigenvalue weighted by molar-refractivity contribution is 9.10. The second-order valence-corrected chi connectivity index (χ2v) is 7.58. The maximum absolute atomic E-state index is 12.3. The molecule has 2 N–H and O–H groups in total. The normalized spacial score (nSPS) is 19.3. The first-order valence-electron chi connectivity index (χ1n) is 6.31. The Morgan fingerprint density at radius 3 is 2.61 bits per heavy atom. The van der Waals surface area contributed by atoms with Gasteiger partial charge in [0.2, 0.25) is 15.9 Å². The molecule has 1 saturated heterocycles. The standard InChI is InChI=1S/C12H12BrF3N2O4S/c13-9-2-1-8(22-12(14,15)16)4-10(9)18-5-7(3-11(18)19)6-23(17,20)21/h1-2,4,7H,3,5-6H2,(H2,17,20,21). The number of rotatable bonds is 4. The molecule has 1 amide bonds. The Morgan fingerprint density at radius 1 is 1.39 bits per heavy atom. The smallest absolute Gasteiger partial charge is 0.406 e. The molecular weight excluding hydrogens is 405 g/mol. The number of primary sulfonamides is 1. The second-order valence-electron chi connectivity index (χ2n) is 5.07. The summed E-state index contributed by atoms with van der Waals surface area (Å²) >= 11 is 3.16. The maximum atomic E-state index is 12.3. The summed E-state index contributed by atoms with van der Waals surface area (Å²) < 4.78 is 63.3. The fraction of sp³-hybridized carbons (Fsp3) is 0.417. The lowest BCUT2D eigenvalue weighted by atomic mass is 10.1. The van der Waals surface area contributed by atoms with E-state index in [1.807, 2.05) is 0 Å². The molecule has 0 bridgehead atoms. The van der Waals surface area contributed by atoms with Crippen LogP contribution in [0.5, 0.6) is 5.75 Å². The van der Waals surface area contributed by atoms with Crippen LogP contribution in [-0.2, 0) is 14.8 Å². The third kappa shape index (κ3) is 5.08. The van der Waals surface area contributed by atoms with Crippen molar-refractivity contribution in [2.45, 2.75) is 12.8 Å². The van der Waals surface area contributed by atoms with Crippen LogP contribution in [0.15, 0.2) is 22.7 Å². The highest BCUT2D eigenvalue weighted by Crippen LogP contribution is 2.36. The number of halogens is 4. The molecular formula is C12H12BrF3N2O4S. The minimum absolute atomic E-state index is 0.0450. The van der Waals surface area contributed by atoms with E-state index < -0.39 is 34.0 Å². The van der Waals surface area contributed by atoms with Crippen molar-refractivity contribution in [3.05, 3.63) is 22.7 Å². The summed E-state index contributed by atoms with van der Waals surface area (Å²) in [4.78, 5) is 13.2. The molecule has 0 aliphatic carbocycles. The molecule has 11 heteroatoms. The van der Waals surface area contributed by atoms with Gasteiger partial charge in [0, 0.05) is 29.4 Å². The van der Waals surface area contributed by atoms with E-state index in [0.29, 0.717) is 4.47 Å². The van der Waals surface area contributed by atoms with Crippen molar-refractivity contribution in [2.75, 3.05) is 17.2 Å². The van der Waals surface area contributed by atoms with Gasteiger partial charge in [0.1, 0.15) is 5.75 Å². The van der Waals surface area contributed by atoms with Crippen molar-refractivity contribution in [3.8, 4) is 5.75 Å². The van der Waals surface area contributed by atoms with E-state index in [0.717, 1.165) is 12.1 Å². The molecule has 0 spiro atoms. The molecule has 0 saturated carbocycles. The molecule has 1 aliphatic heterocycles.